The number of halogens is 2. The molecule has 0 aromatic carbocycles. The Labute approximate surface area is 130 Å². The van der Waals surface area contributed by atoms with Crippen LogP contribution in [0.5, 0.6) is 0 Å². The summed E-state index contributed by atoms with van der Waals surface area (Å²) < 4.78 is 0.507. The van der Waals surface area contributed by atoms with Crippen LogP contribution < -0.4 is 0 Å². The molecule has 98 valence electrons. The van der Waals surface area contributed by atoms with E-state index in [-0.39, 0.29) is 0 Å². The molecular weight excluding hydrogens is 422 g/mol. The Morgan fingerprint density at radius 1 is 0.875 bits per heavy atom. The number of alkyl halides is 2. The summed E-state index contributed by atoms with van der Waals surface area (Å²) in [5.74, 6) is 0.832. The highest BCUT2D eigenvalue weighted by Gasteiger charge is 2.22. The molecule has 0 radical (unpaired) electrons. The summed E-state index contributed by atoms with van der Waals surface area (Å²) in [6, 6.07) is 0. The van der Waals surface area contributed by atoms with Gasteiger partial charge in [-0.15, -0.1) is 0 Å². The zero-order valence-corrected chi connectivity index (χ0v) is 15.5. The average molecular weight is 450 g/mol. The summed E-state index contributed by atoms with van der Waals surface area (Å²) in [5.41, 5.74) is 0. The molecule has 0 aromatic rings. The highest BCUT2D eigenvalue weighted by atomic mass is 127. The summed E-state index contributed by atoms with van der Waals surface area (Å²) >= 11 is 5.30. The van der Waals surface area contributed by atoms with Crippen LogP contribution in [0.15, 0.2) is 0 Å². The van der Waals surface area contributed by atoms with Crippen LogP contribution in [0.2, 0.25) is 0 Å². The number of hydrogen-bond donors (Lipinski definition) is 0. The number of unbranched alkanes of at least 4 members (excludes halogenated alkanes) is 6. The molecule has 0 rings (SSSR count). The lowest BCUT2D eigenvalue weighted by Gasteiger charge is -2.22. The standard InChI is InChI=1S/C14H28I2/c1-4-5-6-7-8-9-10-11-14(15,16)12-13(2)3/h13H,4-12H2,1-3H3. The van der Waals surface area contributed by atoms with E-state index < -0.39 is 0 Å². The monoisotopic (exact) mass is 450 g/mol. The predicted molar refractivity (Wildman–Crippen MR) is 92.8 cm³/mol. The largest absolute Gasteiger partial charge is 0.0737 e. The lowest BCUT2D eigenvalue weighted by atomic mass is 10.0. The molecule has 0 amide bonds. The molecular formula is C14H28I2. The van der Waals surface area contributed by atoms with Crippen molar-refractivity contribution in [2.45, 2.75) is 80.0 Å². The molecule has 0 nitrogen and oxygen atoms in total. The maximum Gasteiger partial charge on any atom is 0.0737 e. The van der Waals surface area contributed by atoms with Gasteiger partial charge in [0.15, 0.2) is 0 Å². The second kappa shape index (κ2) is 10.4. The van der Waals surface area contributed by atoms with Gasteiger partial charge in [-0.1, -0.05) is 111 Å². The second-order valence-corrected chi connectivity index (χ2v) is 11.5. The Bertz CT molecular complexity index is 153. The third kappa shape index (κ3) is 11.9. The van der Waals surface area contributed by atoms with Crippen molar-refractivity contribution in [1.82, 2.24) is 0 Å². The van der Waals surface area contributed by atoms with Crippen molar-refractivity contribution in [2.75, 3.05) is 0 Å². The van der Waals surface area contributed by atoms with E-state index in [9.17, 15) is 0 Å². The number of rotatable bonds is 10. The van der Waals surface area contributed by atoms with Crippen LogP contribution in [-0.4, -0.2) is 1.43 Å². The highest BCUT2D eigenvalue weighted by Crippen LogP contribution is 2.39. The van der Waals surface area contributed by atoms with Crippen LogP contribution >= 0.6 is 45.2 Å². The van der Waals surface area contributed by atoms with Crippen molar-refractivity contribution >= 4 is 45.2 Å². The first-order valence-electron chi connectivity index (χ1n) is 6.86. The van der Waals surface area contributed by atoms with Crippen molar-refractivity contribution in [2.24, 2.45) is 5.92 Å². The van der Waals surface area contributed by atoms with Crippen molar-refractivity contribution in [1.29, 1.82) is 0 Å². The van der Waals surface area contributed by atoms with Crippen molar-refractivity contribution < 1.29 is 0 Å². The summed E-state index contributed by atoms with van der Waals surface area (Å²) in [6.07, 6.45) is 12.7. The fraction of sp³-hybridized carbons (Fsp3) is 1.00. The topological polar surface area (TPSA) is 0 Å². The van der Waals surface area contributed by atoms with E-state index in [4.69, 9.17) is 0 Å². The van der Waals surface area contributed by atoms with Crippen LogP contribution in [0.3, 0.4) is 0 Å². The van der Waals surface area contributed by atoms with Gasteiger partial charge in [-0.25, -0.2) is 0 Å². The van der Waals surface area contributed by atoms with Crippen LogP contribution in [0.4, 0.5) is 0 Å². The van der Waals surface area contributed by atoms with E-state index in [1.54, 1.807) is 0 Å². The molecule has 16 heavy (non-hydrogen) atoms. The van der Waals surface area contributed by atoms with Crippen LogP contribution in [0.1, 0.15) is 78.6 Å². The maximum atomic E-state index is 2.65. The fourth-order valence-corrected chi connectivity index (χ4v) is 4.56. The minimum atomic E-state index is 0.507. The quantitative estimate of drug-likeness (QED) is 0.197. The molecule has 0 fully saturated rings. The molecule has 0 aromatic heterocycles. The number of hydrogen-bond acceptors (Lipinski definition) is 0. The molecule has 0 spiro atoms. The van der Waals surface area contributed by atoms with Crippen molar-refractivity contribution in [3.05, 3.63) is 0 Å². The third-order valence-electron chi connectivity index (χ3n) is 2.85. The minimum absolute atomic E-state index is 0.507. The third-order valence-corrected chi connectivity index (χ3v) is 4.81. The molecule has 0 aliphatic heterocycles. The van der Waals surface area contributed by atoms with Gasteiger partial charge in [0.05, 0.1) is 1.43 Å². The lowest BCUT2D eigenvalue weighted by Crippen LogP contribution is -2.13. The van der Waals surface area contributed by atoms with Gasteiger partial charge < -0.3 is 0 Å². The van der Waals surface area contributed by atoms with E-state index in [0.717, 1.165) is 5.92 Å². The fourth-order valence-electron chi connectivity index (χ4n) is 2.04. The van der Waals surface area contributed by atoms with Gasteiger partial charge >= 0.3 is 0 Å². The lowest BCUT2D eigenvalue weighted by molar-refractivity contribution is 0.517. The van der Waals surface area contributed by atoms with Crippen molar-refractivity contribution in [3.63, 3.8) is 0 Å². The Morgan fingerprint density at radius 2 is 1.38 bits per heavy atom. The van der Waals surface area contributed by atoms with E-state index in [0.29, 0.717) is 1.43 Å². The molecule has 0 atom stereocenters. The summed E-state index contributed by atoms with van der Waals surface area (Å²) in [7, 11) is 0. The molecule has 0 aliphatic carbocycles. The normalized spacial score (nSPS) is 12.4. The maximum absolute atomic E-state index is 2.65. The van der Waals surface area contributed by atoms with Gasteiger partial charge in [-0.3, -0.25) is 0 Å². The first-order chi connectivity index (χ1) is 7.48. The molecule has 0 saturated heterocycles. The smallest absolute Gasteiger partial charge is 0.0672 e. The summed E-state index contributed by atoms with van der Waals surface area (Å²) in [4.78, 5) is 0. The molecule has 0 saturated carbocycles. The van der Waals surface area contributed by atoms with Crippen LogP contribution in [-0.2, 0) is 0 Å². The van der Waals surface area contributed by atoms with Crippen LogP contribution in [0, 0.1) is 5.92 Å². The van der Waals surface area contributed by atoms with Gasteiger partial charge in [0.1, 0.15) is 0 Å². The Kier molecular flexibility index (Phi) is 11.3. The molecule has 0 heterocycles. The average Bonchev–Trinajstić information content (AvgIpc) is 2.14. The Hall–Kier alpha value is 1.46. The zero-order valence-electron chi connectivity index (χ0n) is 11.2. The highest BCUT2D eigenvalue weighted by molar-refractivity contribution is 14.2. The van der Waals surface area contributed by atoms with Crippen molar-refractivity contribution in [3.8, 4) is 0 Å². The van der Waals surface area contributed by atoms with Gasteiger partial charge in [0, 0.05) is 0 Å². The van der Waals surface area contributed by atoms with E-state index in [2.05, 4.69) is 66.0 Å². The van der Waals surface area contributed by atoms with Crippen LogP contribution in [0.25, 0.3) is 0 Å². The molecule has 2 heteroatoms. The summed E-state index contributed by atoms with van der Waals surface area (Å²) in [5, 5.41) is 0. The second-order valence-electron chi connectivity index (χ2n) is 5.33. The first kappa shape index (κ1) is 17.5. The summed E-state index contributed by atoms with van der Waals surface area (Å²) in [6.45, 7) is 6.94. The van der Waals surface area contributed by atoms with E-state index >= 15 is 0 Å². The Balaban J connectivity index is 3.36. The van der Waals surface area contributed by atoms with Gasteiger partial charge in [-0.2, -0.15) is 0 Å². The SMILES string of the molecule is CCCCCCCCCC(I)(I)CC(C)C. The zero-order chi connectivity index (χ0) is 12.4. The van der Waals surface area contributed by atoms with Gasteiger partial charge in [0.2, 0.25) is 0 Å². The van der Waals surface area contributed by atoms with Gasteiger partial charge in [0.25, 0.3) is 0 Å². The van der Waals surface area contributed by atoms with Gasteiger partial charge in [-0.05, 0) is 18.8 Å². The predicted octanol–water partition coefficient (Wildman–Crippen LogP) is 6.74. The molecule has 0 unspecified atom stereocenters. The molecule has 0 bridgehead atoms. The first-order valence-corrected chi connectivity index (χ1v) is 9.01. The molecule has 0 N–H and O–H groups in total. The van der Waals surface area contributed by atoms with E-state index in [1.807, 2.05) is 0 Å². The Morgan fingerprint density at radius 3 is 1.88 bits per heavy atom. The van der Waals surface area contributed by atoms with E-state index in [1.165, 1.54) is 57.8 Å². The molecule has 0 aliphatic rings. The minimum Gasteiger partial charge on any atom is -0.0672 e.